The molecule has 42 heavy (non-hydrogen) atoms. The van der Waals surface area contributed by atoms with Crippen molar-refractivity contribution in [2.75, 3.05) is 37.4 Å². The summed E-state index contributed by atoms with van der Waals surface area (Å²) in [6.45, 7) is 7.80. The van der Waals surface area contributed by atoms with E-state index in [1.54, 1.807) is 76.1 Å². The van der Waals surface area contributed by atoms with Crippen molar-refractivity contribution in [2.24, 2.45) is 0 Å². The van der Waals surface area contributed by atoms with E-state index in [2.05, 4.69) is 15.3 Å². The van der Waals surface area contributed by atoms with Gasteiger partial charge < -0.3 is 19.0 Å². The SMILES string of the molecule is Cc1c(NC(=O)OC(C)(C)C)ccc2nc(N(C)CC(C(=O)N(C)CCc3ccncc3)c3ccccc3)oc(=O)c12. The van der Waals surface area contributed by atoms with E-state index in [1.165, 1.54) is 0 Å². The minimum atomic E-state index is -0.664. The maximum absolute atomic E-state index is 13.7. The molecule has 0 spiro atoms. The molecule has 10 nitrogen and oxygen atoms in total. The number of aryl methyl sites for hydroxylation is 1. The van der Waals surface area contributed by atoms with Gasteiger partial charge in [0.1, 0.15) is 5.60 Å². The summed E-state index contributed by atoms with van der Waals surface area (Å²) in [5.74, 6) is -0.581. The number of likely N-dealkylation sites (N-methyl/N-ethyl adjacent to an activating group) is 2. The van der Waals surface area contributed by atoms with Crippen LogP contribution < -0.4 is 15.8 Å². The normalized spacial score (nSPS) is 12.0. The number of ether oxygens (including phenoxy) is 1. The lowest BCUT2D eigenvalue weighted by molar-refractivity contribution is -0.131. The number of amides is 2. The van der Waals surface area contributed by atoms with E-state index in [-0.39, 0.29) is 23.9 Å². The van der Waals surface area contributed by atoms with Crippen LogP contribution in [0.3, 0.4) is 0 Å². The van der Waals surface area contributed by atoms with Crippen LogP contribution in [-0.2, 0) is 16.0 Å². The quantitative estimate of drug-likeness (QED) is 0.293. The number of nitrogens with one attached hydrogen (secondary N) is 1. The van der Waals surface area contributed by atoms with E-state index >= 15 is 0 Å². The van der Waals surface area contributed by atoms with Crippen LogP contribution in [0.1, 0.15) is 43.4 Å². The van der Waals surface area contributed by atoms with Crippen LogP contribution in [0, 0.1) is 6.92 Å². The number of anilines is 2. The van der Waals surface area contributed by atoms with E-state index in [0.717, 1.165) is 11.1 Å². The number of carbonyl (C=O) groups is 2. The molecule has 2 heterocycles. The molecule has 1 atom stereocenters. The second kappa shape index (κ2) is 12.8. The molecule has 10 heteroatoms. The summed E-state index contributed by atoms with van der Waals surface area (Å²) in [4.78, 5) is 51.2. The first-order valence-electron chi connectivity index (χ1n) is 13.8. The Labute approximate surface area is 245 Å². The van der Waals surface area contributed by atoms with Gasteiger partial charge in [0, 0.05) is 45.3 Å². The Bertz CT molecular complexity index is 1600. The van der Waals surface area contributed by atoms with Crippen LogP contribution in [0.25, 0.3) is 10.9 Å². The predicted octanol–water partition coefficient (Wildman–Crippen LogP) is 5.16. The summed E-state index contributed by atoms with van der Waals surface area (Å²) < 4.78 is 11.0. The second-order valence-corrected chi connectivity index (χ2v) is 11.3. The molecule has 4 rings (SSSR count). The van der Waals surface area contributed by atoms with Gasteiger partial charge in [-0.05, 0) is 75.1 Å². The highest BCUT2D eigenvalue weighted by Crippen LogP contribution is 2.26. The zero-order valence-electron chi connectivity index (χ0n) is 24.9. The average molecular weight is 572 g/mol. The first-order chi connectivity index (χ1) is 19.9. The molecule has 2 aromatic carbocycles. The van der Waals surface area contributed by atoms with E-state index in [4.69, 9.17) is 9.15 Å². The molecule has 0 fully saturated rings. The molecule has 0 bridgehead atoms. The highest BCUT2D eigenvalue weighted by atomic mass is 16.6. The van der Waals surface area contributed by atoms with Crippen molar-refractivity contribution in [3.05, 3.63) is 94.1 Å². The first kappa shape index (κ1) is 30.2. The lowest BCUT2D eigenvalue weighted by atomic mass is 9.97. The Morgan fingerprint density at radius 1 is 1.02 bits per heavy atom. The van der Waals surface area contributed by atoms with Crippen molar-refractivity contribution in [3.8, 4) is 0 Å². The highest BCUT2D eigenvalue weighted by Gasteiger charge is 2.27. The fourth-order valence-corrected chi connectivity index (χ4v) is 4.61. The fourth-order valence-electron chi connectivity index (χ4n) is 4.61. The van der Waals surface area contributed by atoms with Gasteiger partial charge in [-0.3, -0.25) is 15.1 Å². The van der Waals surface area contributed by atoms with Crippen LogP contribution in [-0.4, -0.2) is 59.7 Å². The minimum Gasteiger partial charge on any atom is -0.444 e. The topological polar surface area (TPSA) is 118 Å². The van der Waals surface area contributed by atoms with Crippen molar-refractivity contribution >= 4 is 34.6 Å². The molecular formula is C32H37N5O5. The number of nitrogens with zero attached hydrogens (tertiary/aromatic N) is 4. The molecule has 0 saturated heterocycles. The number of pyridine rings is 1. The van der Waals surface area contributed by atoms with Gasteiger partial charge in [0.15, 0.2) is 0 Å². The van der Waals surface area contributed by atoms with E-state index in [9.17, 15) is 14.4 Å². The summed E-state index contributed by atoms with van der Waals surface area (Å²) in [6, 6.07) is 16.8. The standard InChI is InChI=1S/C32H37N5O5/c1-21-25(35-31(40)42-32(2,3)4)12-13-26-27(21)29(39)41-30(34-26)37(6)20-24(23-10-8-7-9-11-23)28(38)36(5)19-16-22-14-17-33-18-15-22/h7-15,17-18,24H,16,19-20H2,1-6H3,(H,35,40). The number of rotatable bonds is 9. The smallest absolute Gasteiger partial charge is 0.412 e. The van der Waals surface area contributed by atoms with Crippen molar-refractivity contribution in [1.29, 1.82) is 0 Å². The Hall–Kier alpha value is -4.73. The van der Waals surface area contributed by atoms with Gasteiger partial charge in [0.05, 0.1) is 16.8 Å². The number of aromatic nitrogens is 2. The molecule has 0 aliphatic rings. The second-order valence-electron chi connectivity index (χ2n) is 11.3. The summed E-state index contributed by atoms with van der Waals surface area (Å²) >= 11 is 0. The van der Waals surface area contributed by atoms with Crippen LogP contribution in [0.5, 0.6) is 0 Å². The van der Waals surface area contributed by atoms with E-state index in [1.807, 2.05) is 42.5 Å². The third-order valence-corrected chi connectivity index (χ3v) is 6.83. The summed E-state index contributed by atoms with van der Waals surface area (Å²) in [6.07, 6.45) is 3.56. The third-order valence-electron chi connectivity index (χ3n) is 6.83. The lowest BCUT2D eigenvalue weighted by Gasteiger charge is -2.27. The molecule has 1 N–H and O–H groups in total. The van der Waals surface area contributed by atoms with Gasteiger partial charge in [-0.1, -0.05) is 30.3 Å². The fraction of sp³-hybridized carbons (Fsp3) is 0.344. The van der Waals surface area contributed by atoms with Crippen molar-refractivity contribution < 1.29 is 18.7 Å². The molecule has 220 valence electrons. The zero-order chi connectivity index (χ0) is 30.4. The molecule has 0 saturated carbocycles. The Kier molecular flexibility index (Phi) is 9.25. The molecule has 0 aliphatic carbocycles. The Morgan fingerprint density at radius 2 is 1.71 bits per heavy atom. The lowest BCUT2D eigenvalue weighted by Crippen LogP contribution is -2.38. The van der Waals surface area contributed by atoms with Gasteiger partial charge in [-0.25, -0.2) is 9.59 Å². The zero-order valence-corrected chi connectivity index (χ0v) is 24.9. The number of benzene rings is 2. The summed E-state index contributed by atoms with van der Waals surface area (Å²) in [5.41, 5.74) is 2.05. The van der Waals surface area contributed by atoms with Crippen LogP contribution in [0.15, 0.2) is 76.2 Å². The molecule has 1 unspecified atom stereocenters. The maximum Gasteiger partial charge on any atom is 0.412 e. The van der Waals surface area contributed by atoms with E-state index < -0.39 is 23.2 Å². The highest BCUT2D eigenvalue weighted by molar-refractivity contribution is 5.93. The molecule has 2 amide bonds. The van der Waals surface area contributed by atoms with E-state index in [0.29, 0.717) is 29.7 Å². The molecular weight excluding hydrogens is 534 g/mol. The van der Waals surface area contributed by atoms with Crippen molar-refractivity contribution in [2.45, 2.75) is 45.6 Å². The Morgan fingerprint density at radius 3 is 2.38 bits per heavy atom. The maximum atomic E-state index is 13.7. The monoisotopic (exact) mass is 571 g/mol. The largest absolute Gasteiger partial charge is 0.444 e. The number of fused-ring (bicyclic) bond motifs is 1. The Balaban J connectivity index is 1.56. The average Bonchev–Trinajstić information content (AvgIpc) is 2.95. The van der Waals surface area contributed by atoms with Crippen molar-refractivity contribution in [1.82, 2.24) is 14.9 Å². The van der Waals surface area contributed by atoms with Crippen LogP contribution in [0.4, 0.5) is 16.5 Å². The van der Waals surface area contributed by atoms with Crippen LogP contribution in [0.2, 0.25) is 0 Å². The van der Waals surface area contributed by atoms with Crippen LogP contribution >= 0.6 is 0 Å². The first-order valence-corrected chi connectivity index (χ1v) is 13.8. The summed E-state index contributed by atoms with van der Waals surface area (Å²) in [7, 11) is 3.53. The van der Waals surface area contributed by atoms with Crippen molar-refractivity contribution in [3.63, 3.8) is 0 Å². The van der Waals surface area contributed by atoms with Gasteiger partial charge in [0.25, 0.3) is 0 Å². The number of hydrogen-bond acceptors (Lipinski definition) is 8. The molecule has 0 radical (unpaired) electrons. The summed E-state index contributed by atoms with van der Waals surface area (Å²) in [5, 5.41) is 2.94. The third kappa shape index (κ3) is 7.51. The number of hydrogen-bond donors (Lipinski definition) is 1. The van der Waals surface area contributed by atoms with Gasteiger partial charge in [0.2, 0.25) is 5.91 Å². The minimum absolute atomic E-state index is 0.0565. The molecule has 4 aromatic rings. The molecule has 0 aliphatic heterocycles. The predicted molar refractivity (Wildman–Crippen MR) is 163 cm³/mol. The van der Waals surface area contributed by atoms with Gasteiger partial charge in [-0.15, -0.1) is 0 Å². The van der Waals surface area contributed by atoms with Gasteiger partial charge in [-0.2, -0.15) is 4.98 Å². The number of carbonyl (C=O) groups excluding carboxylic acids is 2. The molecule has 2 aromatic heterocycles. The van der Waals surface area contributed by atoms with Gasteiger partial charge >= 0.3 is 17.7 Å².